The van der Waals surface area contributed by atoms with Crippen LogP contribution in [0.5, 0.6) is 0 Å². The van der Waals surface area contributed by atoms with Crippen LogP contribution in [0.15, 0.2) is 255 Å². The van der Waals surface area contributed by atoms with E-state index in [1.807, 2.05) is 111 Å². The highest BCUT2D eigenvalue weighted by molar-refractivity contribution is 5.90. The Morgan fingerprint density at radius 1 is 0.130 bits per heavy atom. The maximum absolute atomic E-state index is 2.22. The molecule has 0 saturated heterocycles. The van der Waals surface area contributed by atoms with E-state index in [2.05, 4.69) is 366 Å². The molecular weight excluding hydrogens is 1200 g/mol. The van der Waals surface area contributed by atoms with Gasteiger partial charge in [0.1, 0.15) is 0 Å². The molecule has 0 fully saturated rings. The lowest BCUT2D eigenvalue weighted by atomic mass is 10.0. The second-order valence-corrected chi connectivity index (χ2v) is 22.7. The summed E-state index contributed by atoms with van der Waals surface area (Å²) in [6.45, 7) is 66.2. The summed E-state index contributed by atoms with van der Waals surface area (Å²) >= 11 is 0. The van der Waals surface area contributed by atoms with Crippen molar-refractivity contribution in [3.05, 3.63) is 344 Å². The van der Waals surface area contributed by atoms with Crippen LogP contribution in [0, 0.1) is 111 Å². The van der Waals surface area contributed by atoms with Crippen LogP contribution in [-0.2, 0) is 0 Å². The van der Waals surface area contributed by atoms with Gasteiger partial charge in [0.2, 0.25) is 0 Å². The average molecular weight is 1340 g/mol. The summed E-state index contributed by atoms with van der Waals surface area (Å²) in [7, 11) is 0. The lowest BCUT2D eigenvalue weighted by molar-refractivity contribution is 1.34. The zero-order valence-corrected chi connectivity index (χ0v) is 69.2. The van der Waals surface area contributed by atoms with Crippen molar-refractivity contribution in [2.75, 3.05) is 0 Å². The zero-order valence-electron chi connectivity index (χ0n) is 69.2. The van der Waals surface area contributed by atoms with Crippen LogP contribution >= 0.6 is 0 Å². The van der Waals surface area contributed by atoms with Gasteiger partial charge in [0, 0.05) is 0 Å². The van der Waals surface area contributed by atoms with Gasteiger partial charge in [-0.3, -0.25) is 0 Å². The molecule has 0 heteroatoms. The largest absolute Gasteiger partial charge is 0.0683 e. The van der Waals surface area contributed by atoms with Gasteiger partial charge < -0.3 is 0 Å². The Hall–Kier alpha value is -8.84. The molecular formula is C100H138. The third-order valence-electron chi connectivity index (χ3n) is 15.5. The van der Waals surface area contributed by atoms with Crippen LogP contribution < -0.4 is 0 Å². The van der Waals surface area contributed by atoms with E-state index in [9.17, 15) is 0 Å². The van der Waals surface area contributed by atoms with Crippen molar-refractivity contribution in [3.63, 3.8) is 0 Å². The van der Waals surface area contributed by atoms with Crippen molar-refractivity contribution in [2.45, 2.75) is 222 Å². The number of benzene rings is 13. The Balaban J connectivity index is -0.00000105. The van der Waals surface area contributed by atoms with Gasteiger partial charge in [0.15, 0.2) is 0 Å². The van der Waals surface area contributed by atoms with E-state index < -0.39 is 0 Å². The van der Waals surface area contributed by atoms with E-state index in [4.69, 9.17) is 0 Å². The van der Waals surface area contributed by atoms with Gasteiger partial charge in [-0.2, -0.15) is 0 Å². The third kappa shape index (κ3) is 35.3. The van der Waals surface area contributed by atoms with Gasteiger partial charge in [-0.1, -0.05) is 399 Å². The fourth-order valence-electron chi connectivity index (χ4n) is 10.1. The lowest BCUT2D eigenvalue weighted by Gasteiger charge is -2.04. The van der Waals surface area contributed by atoms with Crippen molar-refractivity contribution in [3.8, 4) is 0 Å². The van der Waals surface area contributed by atoms with Gasteiger partial charge in [-0.05, 0) is 220 Å². The summed E-state index contributed by atoms with van der Waals surface area (Å²) in [4.78, 5) is 0. The molecule has 538 valence electrons. The molecule has 13 aromatic rings. The Kier molecular flexibility index (Phi) is 55.3. The first-order valence-corrected chi connectivity index (χ1v) is 37.6. The first-order valence-electron chi connectivity index (χ1n) is 37.6. The fourth-order valence-corrected chi connectivity index (χ4v) is 10.1. The Morgan fingerprint density at radius 3 is 0.790 bits per heavy atom. The standard InChI is InChI=1S/5C12H12.3C8H10.8C2H6/c1-9-5-3-8-12-10(2)6-4-7-11(9)12;1-9-6-7-12-10(2)4-3-5-11(12)8-9;1-9-7-10(2)12-6-4-3-5-11(12)8-9;1-9-7-8-11-5-3-4-6-12(11)10(9)2;1-9-7-8-10(2)12-6-4-3-5-11(9)12;1-7-3-5-8(2)6-4-7;1-7-4-3-5-8(2)6-7;1-7-5-3-4-6-8(7)2;8*1-2/h5*3-8H,1-2H3;3*3-6H,1-2H3;8*1-2H3. The van der Waals surface area contributed by atoms with Gasteiger partial charge in [0.25, 0.3) is 0 Å². The van der Waals surface area contributed by atoms with Crippen LogP contribution in [0.3, 0.4) is 0 Å². The molecule has 0 bridgehead atoms. The normalized spacial score (nSPS) is 9.00. The van der Waals surface area contributed by atoms with E-state index in [0.717, 1.165) is 0 Å². The Morgan fingerprint density at radius 2 is 0.390 bits per heavy atom. The molecule has 100 heavy (non-hydrogen) atoms. The quantitative estimate of drug-likeness (QED) is 0.142. The highest BCUT2D eigenvalue weighted by Gasteiger charge is 2.01. The molecule has 0 nitrogen and oxygen atoms in total. The summed E-state index contributed by atoms with van der Waals surface area (Å²) in [5.41, 5.74) is 21.7. The maximum atomic E-state index is 2.22. The fraction of sp³-hybridized carbons (Fsp3) is 0.320. The Bertz CT molecular complexity index is 3990. The smallest absolute Gasteiger partial charge is 0.0152 e. The van der Waals surface area contributed by atoms with Gasteiger partial charge in [0.05, 0.1) is 0 Å². The molecule has 0 atom stereocenters. The summed E-state index contributed by atoms with van der Waals surface area (Å²) in [6, 6.07) is 89.9. The molecule has 0 aliphatic carbocycles. The first-order chi connectivity index (χ1) is 48.3. The maximum Gasteiger partial charge on any atom is -0.0152 e. The summed E-state index contributed by atoms with van der Waals surface area (Å²) < 4.78 is 0. The predicted molar refractivity (Wildman–Crippen MR) is 466 cm³/mol. The molecule has 0 radical (unpaired) electrons. The van der Waals surface area contributed by atoms with Crippen LogP contribution in [0.25, 0.3) is 53.9 Å². The van der Waals surface area contributed by atoms with Crippen LogP contribution in [-0.4, -0.2) is 0 Å². The second kappa shape index (κ2) is 58.0. The molecule has 0 N–H and O–H groups in total. The van der Waals surface area contributed by atoms with Crippen LogP contribution in [0.1, 0.15) is 200 Å². The van der Waals surface area contributed by atoms with Crippen molar-refractivity contribution in [2.24, 2.45) is 0 Å². The van der Waals surface area contributed by atoms with E-state index in [-0.39, 0.29) is 0 Å². The average Bonchev–Trinajstić information content (AvgIpc) is 1.08. The molecule has 0 aliphatic heterocycles. The van der Waals surface area contributed by atoms with E-state index in [1.165, 1.54) is 143 Å². The molecule has 0 aliphatic rings. The molecule has 0 spiro atoms. The van der Waals surface area contributed by atoms with Crippen molar-refractivity contribution >= 4 is 53.9 Å². The number of rotatable bonds is 0. The van der Waals surface area contributed by atoms with E-state index in [1.54, 1.807) is 0 Å². The molecule has 0 heterocycles. The number of aryl methyl sites for hydroxylation is 16. The predicted octanol–water partition coefficient (Wildman–Crippen LogP) is 32.4. The monoisotopic (exact) mass is 1340 g/mol. The molecule has 13 rings (SSSR count). The number of hydrogen-bond donors (Lipinski definition) is 0. The number of hydrogen-bond acceptors (Lipinski definition) is 0. The molecule has 0 amide bonds. The summed E-state index contributed by atoms with van der Waals surface area (Å²) in [6.07, 6.45) is 0. The second-order valence-electron chi connectivity index (χ2n) is 22.7. The minimum Gasteiger partial charge on any atom is -0.0683 e. The molecule has 0 aromatic heterocycles. The third-order valence-corrected chi connectivity index (χ3v) is 15.5. The van der Waals surface area contributed by atoms with Crippen molar-refractivity contribution < 1.29 is 0 Å². The van der Waals surface area contributed by atoms with Crippen LogP contribution in [0.4, 0.5) is 0 Å². The zero-order chi connectivity index (χ0) is 76.7. The van der Waals surface area contributed by atoms with Gasteiger partial charge in [-0.15, -0.1) is 0 Å². The van der Waals surface area contributed by atoms with E-state index in [0.29, 0.717) is 0 Å². The molecule has 0 unspecified atom stereocenters. The summed E-state index contributed by atoms with van der Waals surface area (Å²) in [5.74, 6) is 0. The van der Waals surface area contributed by atoms with Crippen molar-refractivity contribution in [1.29, 1.82) is 0 Å². The molecule has 0 saturated carbocycles. The van der Waals surface area contributed by atoms with Gasteiger partial charge >= 0.3 is 0 Å². The SMILES string of the molecule is CC.CC.CC.CC.CC.CC.CC.CC.Cc1cc(C)c2ccccc2c1.Cc1ccc(C)c2ccccc12.Cc1ccc(C)cc1.Cc1ccc2c(C)cccc2c1.Cc1ccc2ccccc2c1C.Cc1cccc(C)c1.Cc1cccc2c(C)cccc12.Cc1ccccc1C. The highest BCUT2D eigenvalue weighted by Crippen LogP contribution is 2.25. The topological polar surface area (TPSA) is 0 Å². The minimum absolute atomic E-state index is 1.33. The Labute approximate surface area is 615 Å². The number of fused-ring (bicyclic) bond motifs is 5. The highest BCUT2D eigenvalue weighted by atomic mass is 14.1. The molecule has 13 aromatic carbocycles. The first kappa shape index (κ1) is 95.3. The van der Waals surface area contributed by atoms with E-state index >= 15 is 0 Å². The van der Waals surface area contributed by atoms with Crippen molar-refractivity contribution in [1.82, 2.24) is 0 Å². The van der Waals surface area contributed by atoms with Crippen LogP contribution in [0.2, 0.25) is 0 Å². The lowest BCUT2D eigenvalue weighted by Crippen LogP contribution is -1.82. The minimum atomic E-state index is 1.33. The van der Waals surface area contributed by atoms with Gasteiger partial charge in [-0.25, -0.2) is 0 Å². The summed E-state index contributed by atoms with van der Waals surface area (Å²) in [5, 5.41) is 13.6.